The minimum absolute atomic E-state index is 0.00799. The van der Waals surface area contributed by atoms with E-state index in [4.69, 9.17) is 5.11 Å². The van der Waals surface area contributed by atoms with Gasteiger partial charge in [0.2, 0.25) is 11.8 Å². The third-order valence-electron chi connectivity index (χ3n) is 5.17. The number of fused-ring (bicyclic) bond motifs is 1. The van der Waals surface area contributed by atoms with Crippen LogP contribution in [-0.2, 0) is 28.7 Å². The van der Waals surface area contributed by atoms with Gasteiger partial charge in [0.1, 0.15) is 0 Å². The Morgan fingerprint density at radius 3 is 2.66 bits per heavy atom. The van der Waals surface area contributed by atoms with Crippen molar-refractivity contribution in [2.45, 2.75) is 50.9 Å². The largest absolute Gasteiger partial charge is 0.465 e. The molecule has 1 aromatic heterocycles. The number of piperidine rings is 1. The molecule has 9 nitrogen and oxygen atoms in total. The molecule has 3 amide bonds. The highest BCUT2D eigenvalue weighted by Gasteiger charge is 2.39. The highest BCUT2D eigenvalue weighted by atomic mass is 19.4. The van der Waals surface area contributed by atoms with Crippen LogP contribution in [0.25, 0.3) is 0 Å². The number of carbonyl (C=O) groups excluding carboxylic acids is 2. The molecule has 3 rings (SSSR count). The van der Waals surface area contributed by atoms with Gasteiger partial charge in [-0.25, -0.2) is 4.79 Å². The summed E-state index contributed by atoms with van der Waals surface area (Å²) in [5.41, 5.74) is -0.680. The standard InChI is InChI=1S/C17H22F3N5O4/c18-17(19,20)15-11-4-6-25(9-12(11)22-23-15)14(27)7-10(21-16(28)29)8-24-5-2-1-3-13(24)26/h10,21H,1-9H2,(H,22,23)(H,28,29). The Morgan fingerprint density at radius 2 is 2.00 bits per heavy atom. The van der Waals surface area contributed by atoms with Gasteiger partial charge in [0.05, 0.1) is 18.3 Å². The van der Waals surface area contributed by atoms with E-state index >= 15 is 0 Å². The topological polar surface area (TPSA) is 119 Å². The van der Waals surface area contributed by atoms with Crippen molar-refractivity contribution in [2.24, 2.45) is 0 Å². The molecular formula is C17H22F3N5O4. The fraction of sp³-hybridized carbons (Fsp3) is 0.647. The third kappa shape index (κ3) is 4.98. The monoisotopic (exact) mass is 417 g/mol. The summed E-state index contributed by atoms with van der Waals surface area (Å²) < 4.78 is 38.9. The number of aromatic amines is 1. The molecule has 2 aliphatic heterocycles. The first kappa shape index (κ1) is 20.9. The van der Waals surface area contributed by atoms with E-state index in [1.807, 2.05) is 0 Å². The van der Waals surface area contributed by atoms with Crippen molar-refractivity contribution in [1.82, 2.24) is 25.3 Å². The van der Waals surface area contributed by atoms with E-state index in [1.165, 1.54) is 9.80 Å². The van der Waals surface area contributed by atoms with Gasteiger partial charge < -0.3 is 20.2 Å². The minimum atomic E-state index is -4.56. The number of carboxylic acid groups (broad SMARTS) is 1. The maximum absolute atomic E-state index is 13.0. The molecule has 0 spiro atoms. The number of nitrogens with zero attached hydrogens (tertiary/aromatic N) is 3. The molecule has 1 aromatic rings. The first-order valence-corrected chi connectivity index (χ1v) is 9.33. The molecule has 0 aromatic carbocycles. The lowest BCUT2D eigenvalue weighted by Crippen LogP contribution is -2.49. The van der Waals surface area contributed by atoms with Crippen molar-refractivity contribution in [3.8, 4) is 0 Å². The van der Waals surface area contributed by atoms with Crippen LogP contribution in [0.2, 0.25) is 0 Å². The van der Waals surface area contributed by atoms with Gasteiger partial charge in [-0.15, -0.1) is 0 Å². The molecular weight excluding hydrogens is 395 g/mol. The number of aromatic nitrogens is 2. The Balaban J connectivity index is 1.64. The van der Waals surface area contributed by atoms with Gasteiger partial charge in [0.25, 0.3) is 0 Å². The average Bonchev–Trinajstić information content (AvgIpc) is 3.06. The van der Waals surface area contributed by atoms with Crippen LogP contribution < -0.4 is 5.32 Å². The zero-order valence-corrected chi connectivity index (χ0v) is 15.6. The quantitative estimate of drug-likeness (QED) is 0.668. The molecule has 1 unspecified atom stereocenters. The number of likely N-dealkylation sites (tertiary alicyclic amines) is 1. The van der Waals surface area contributed by atoms with Crippen LogP contribution in [0.15, 0.2) is 0 Å². The summed E-state index contributed by atoms with van der Waals surface area (Å²) >= 11 is 0. The number of alkyl halides is 3. The van der Waals surface area contributed by atoms with E-state index < -0.39 is 29.9 Å². The van der Waals surface area contributed by atoms with Crippen LogP contribution in [0.3, 0.4) is 0 Å². The summed E-state index contributed by atoms with van der Waals surface area (Å²) in [6, 6.07) is -0.795. The second-order valence-electron chi connectivity index (χ2n) is 7.24. The molecule has 1 atom stereocenters. The van der Waals surface area contributed by atoms with Crippen LogP contribution >= 0.6 is 0 Å². The Labute approximate surface area is 164 Å². The van der Waals surface area contributed by atoms with Crippen molar-refractivity contribution < 1.29 is 32.7 Å². The lowest BCUT2D eigenvalue weighted by atomic mass is 10.0. The SMILES string of the molecule is O=C(O)NC(CC(=O)N1CCc2c(C(F)(F)F)n[nH]c2C1)CN1CCCCC1=O. The Morgan fingerprint density at radius 1 is 1.24 bits per heavy atom. The van der Waals surface area contributed by atoms with Crippen LogP contribution in [0.5, 0.6) is 0 Å². The zero-order valence-electron chi connectivity index (χ0n) is 15.6. The molecule has 3 heterocycles. The molecule has 0 saturated carbocycles. The molecule has 0 radical (unpaired) electrons. The number of carbonyl (C=O) groups is 3. The molecule has 1 fully saturated rings. The molecule has 12 heteroatoms. The van der Waals surface area contributed by atoms with E-state index in [0.29, 0.717) is 13.0 Å². The number of amides is 3. The van der Waals surface area contributed by atoms with Gasteiger partial charge in [0, 0.05) is 38.0 Å². The molecule has 3 N–H and O–H groups in total. The van der Waals surface area contributed by atoms with Crippen LogP contribution in [0.4, 0.5) is 18.0 Å². The first-order valence-electron chi connectivity index (χ1n) is 9.33. The molecule has 2 aliphatic rings. The predicted molar refractivity (Wildman–Crippen MR) is 92.7 cm³/mol. The van der Waals surface area contributed by atoms with Crippen molar-refractivity contribution in [2.75, 3.05) is 19.6 Å². The summed E-state index contributed by atoms with van der Waals surface area (Å²) in [6.45, 7) is 0.612. The Hall–Kier alpha value is -2.79. The number of hydrogen-bond donors (Lipinski definition) is 3. The fourth-order valence-corrected chi connectivity index (χ4v) is 3.76. The molecule has 0 bridgehead atoms. The normalized spacial score (nSPS) is 18.4. The molecule has 0 aliphatic carbocycles. The predicted octanol–water partition coefficient (Wildman–Crippen LogP) is 1.35. The highest BCUT2D eigenvalue weighted by Crippen LogP contribution is 2.33. The van der Waals surface area contributed by atoms with Gasteiger partial charge in [-0.3, -0.25) is 14.7 Å². The fourth-order valence-electron chi connectivity index (χ4n) is 3.76. The van der Waals surface area contributed by atoms with Crippen molar-refractivity contribution in [3.63, 3.8) is 0 Å². The summed E-state index contributed by atoms with van der Waals surface area (Å²) in [7, 11) is 0. The summed E-state index contributed by atoms with van der Waals surface area (Å²) in [5.74, 6) is -0.484. The first-order chi connectivity index (χ1) is 13.6. The third-order valence-corrected chi connectivity index (χ3v) is 5.17. The second kappa shape index (κ2) is 8.29. The van der Waals surface area contributed by atoms with Crippen LogP contribution in [-0.4, -0.2) is 68.7 Å². The van der Waals surface area contributed by atoms with E-state index in [0.717, 1.165) is 12.8 Å². The van der Waals surface area contributed by atoms with E-state index in [2.05, 4.69) is 15.5 Å². The number of rotatable bonds is 5. The number of halogens is 3. The number of H-pyrrole nitrogens is 1. The van der Waals surface area contributed by atoms with E-state index in [1.54, 1.807) is 0 Å². The molecule has 29 heavy (non-hydrogen) atoms. The highest BCUT2D eigenvalue weighted by molar-refractivity contribution is 5.79. The van der Waals surface area contributed by atoms with Crippen molar-refractivity contribution >= 4 is 17.9 Å². The Kier molecular flexibility index (Phi) is 5.99. The summed E-state index contributed by atoms with van der Waals surface area (Å²) in [6.07, 6.45) is -4.06. The van der Waals surface area contributed by atoms with E-state index in [9.17, 15) is 27.6 Å². The zero-order chi connectivity index (χ0) is 21.2. The maximum Gasteiger partial charge on any atom is 0.435 e. The Bertz CT molecular complexity index is 795. The number of nitrogens with one attached hydrogen (secondary N) is 2. The lowest BCUT2D eigenvalue weighted by molar-refractivity contribution is -0.142. The van der Waals surface area contributed by atoms with Gasteiger partial charge >= 0.3 is 12.3 Å². The van der Waals surface area contributed by atoms with Crippen LogP contribution in [0, 0.1) is 0 Å². The molecule has 160 valence electrons. The van der Waals surface area contributed by atoms with Gasteiger partial charge in [-0.1, -0.05) is 0 Å². The lowest BCUT2D eigenvalue weighted by Gasteiger charge is -2.32. The maximum atomic E-state index is 13.0. The van der Waals surface area contributed by atoms with Crippen molar-refractivity contribution in [1.29, 1.82) is 0 Å². The van der Waals surface area contributed by atoms with Gasteiger partial charge in [0.15, 0.2) is 5.69 Å². The smallest absolute Gasteiger partial charge is 0.435 e. The van der Waals surface area contributed by atoms with Crippen LogP contribution in [0.1, 0.15) is 42.6 Å². The average molecular weight is 417 g/mol. The van der Waals surface area contributed by atoms with Gasteiger partial charge in [-0.2, -0.15) is 18.3 Å². The van der Waals surface area contributed by atoms with Gasteiger partial charge in [-0.05, 0) is 19.3 Å². The number of hydrogen-bond acceptors (Lipinski definition) is 4. The van der Waals surface area contributed by atoms with E-state index in [-0.39, 0.29) is 49.6 Å². The van der Waals surface area contributed by atoms with Crippen molar-refractivity contribution in [3.05, 3.63) is 17.0 Å². The summed E-state index contributed by atoms with van der Waals surface area (Å²) in [4.78, 5) is 38.6. The molecule has 1 saturated heterocycles. The minimum Gasteiger partial charge on any atom is -0.465 e. The second-order valence-corrected chi connectivity index (χ2v) is 7.24. The summed E-state index contributed by atoms with van der Waals surface area (Å²) in [5, 5.41) is 17.0.